The zero-order valence-corrected chi connectivity index (χ0v) is 60.3. The van der Waals surface area contributed by atoms with Gasteiger partial charge < -0.3 is 168 Å². The monoisotopic (exact) mass is 1510 g/mol. The minimum Gasteiger partial charge on any atom is -0.432 e. The number of aliphatic hydroxyl groups is 20. The van der Waals surface area contributed by atoms with Gasteiger partial charge in [0.1, 0.15) is 153 Å². The summed E-state index contributed by atoms with van der Waals surface area (Å²) >= 11 is 0. The first-order valence-electron chi connectivity index (χ1n) is 37.0. The van der Waals surface area contributed by atoms with Gasteiger partial charge in [-0.25, -0.2) is 0 Å². The summed E-state index contributed by atoms with van der Waals surface area (Å²) in [5.41, 5.74) is -2.11. The molecule has 0 amide bonds. The Morgan fingerprint density at radius 1 is 0.486 bits per heavy atom. The second kappa shape index (κ2) is 31.3. The van der Waals surface area contributed by atoms with Crippen molar-refractivity contribution in [3.8, 4) is 0 Å². The number of carbonyl (C=O) groups excluding carboxylic acids is 1. The van der Waals surface area contributed by atoms with Crippen LogP contribution in [0.3, 0.4) is 0 Å². The van der Waals surface area contributed by atoms with Crippen LogP contribution >= 0.6 is 0 Å². The molecule has 20 N–H and O–H groups in total. The average Bonchev–Trinajstić information content (AvgIpc) is 0.739. The molecular formula is C70H114O35. The minimum absolute atomic E-state index is 0.0228. The van der Waals surface area contributed by atoms with Crippen molar-refractivity contribution >= 4 is 5.97 Å². The number of allylic oxidation sites excluding steroid dienone is 2. The van der Waals surface area contributed by atoms with E-state index in [1.165, 1.54) is 6.92 Å². The van der Waals surface area contributed by atoms with Crippen molar-refractivity contribution < 1.29 is 173 Å². The molecule has 35 nitrogen and oxygen atoms in total. The zero-order valence-electron chi connectivity index (χ0n) is 60.3. The third-order valence-electron chi connectivity index (χ3n) is 26.9. The van der Waals surface area contributed by atoms with Crippen molar-refractivity contribution in [3.63, 3.8) is 0 Å². The van der Waals surface area contributed by atoms with Crippen LogP contribution in [0.1, 0.15) is 120 Å². The summed E-state index contributed by atoms with van der Waals surface area (Å²) in [6.45, 7) is 12.6. The number of ether oxygens (including phenoxy) is 14. The normalized spacial score (nSPS) is 53.7. The maximum absolute atomic E-state index is 15.5. The lowest BCUT2D eigenvalue weighted by atomic mass is 9.33. The Morgan fingerprint density at radius 3 is 1.65 bits per heavy atom. The Hall–Kier alpha value is -2.11. The van der Waals surface area contributed by atoms with Gasteiger partial charge in [-0.15, -0.1) is 0 Å². The Balaban J connectivity index is 0.778. The number of hydrogen-bond donors (Lipinski definition) is 20. The summed E-state index contributed by atoms with van der Waals surface area (Å²) in [6, 6.07) is 0. The molecule has 41 unspecified atom stereocenters. The van der Waals surface area contributed by atoms with E-state index in [1.54, 1.807) is 0 Å². The van der Waals surface area contributed by atoms with Crippen molar-refractivity contribution in [2.45, 2.75) is 328 Å². The number of carbonyl (C=O) groups is 1. The summed E-state index contributed by atoms with van der Waals surface area (Å²) in [6.07, 6.45) is -49.7. The molecule has 0 aromatic rings. The SMILES string of the molecule is CC1OC(OC2COC(OC3CCC4(C)C(CCC5(C)C4CC=C4C6CC(C)(C)CCC6(C(=O)OC6OC(CO)C(OC7OC(C(O)CO)C(O)C7OC7OC(CO)C(O)C(O)C7O)C(O)C6O)CCC45C)C3(C)C)C(OC3OCC(O)C(O)C3O)C2OC2OC(CO)C(O)C(O)C2O)C(O)C(O)C1O. The lowest BCUT2D eigenvalue weighted by Gasteiger charge is -2.71. The second-order valence-electron chi connectivity index (χ2n) is 33.8. The minimum atomic E-state index is -2.03. The van der Waals surface area contributed by atoms with Gasteiger partial charge in [-0.3, -0.25) is 4.79 Å². The zero-order chi connectivity index (χ0) is 76.4. The first kappa shape index (κ1) is 82.4. The highest BCUT2D eigenvalue weighted by Gasteiger charge is 2.71. The van der Waals surface area contributed by atoms with Gasteiger partial charge in [0.25, 0.3) is 0 Å². The van der Waals surface area contributed by atoms with Crippen LogP contribution in [0.4, 0.5) is 0 Å². The van der Waals surface area contributed by atoms with Gasteiger partial charge in [0.15, 0.2) is 37.7 Å². The van der Waals surface area contributed by atoms with E-state index in [0.717, 1.165) is 18.4 Å². The average molecular weight is 1520 g/mol. The van der Waals surface area contributed by atoms with Crippen LogP contribution in [0.5, 0.6) is 0 Å². The molecule has 12 rings (SSSR count). The van der Waals surface area contributed by atoms with Crippen molar-refractivity contribution in [1.82, 2.24) is 0 Å². The predicted molar refractivity (Wildman–Crippen MR) is 347 cm³/mol. The summed E-state index contributed by atoms with van der Waals surface area (Å²) in [4.78, 5) is 15.5. The molecule has 35 heteroatoms. The van der Waals surface area contributed by atoms with Crippen LogP contribution < -0.4 is 0 Å². The van der Waals surface area contributed by atoms with Gasteiger partial charge in [0.2, 0.25) is 6.29 Å². The van der Waals surface area contributed by atoms with E-state index in [4.69, 9.17) is 66.3 Å². The standard InChI is InChI=1S/C70H114O35/c1-26-38(77)42(81)47(86)58(94-26)98-34-25-93-62(56(104-57-46(85)39(78)30(76)24-92-57)54(34)102-59-48(87)43(82)40(79)31(21-72)95-59)99-37-12-13-67(6)35(66(37,4)5)11-14-69(8)36(67)10-9-27-28-19-65(2,3)15-17-70(28,18-16-68(27,69)7)64(91)105-61-50(89)45(84)53(33(23-74)97-61)101-63-55(51(90)52(100-63)29(75)20-71)103-60-49(88)44(83)41(80)32(22-73)96-60/h9,26,28-63,71-90H,10-25H2,1-8H3. The molecule has 0 bridgehead atoms. The molecular weight excluding hydrogens is 1400 g/mol. The summed E-state index contributed by atoms with van der Waals surface area (Å²) in [5.74, 6) is -0.980. The number of aliphatic hydroxyl groups excluding tert-OH is 20. The Labute approximate surface area is 607 Å². The molecule has 0 aromatic heterocycles. The van der Waals surface area contributed by atoms with Gasteiger partial charge in [-0.05, 0) is 116 Å². The number of rotatable bonds is 19. The molecule has 4 saturated carbocycles. The van der Waals surface area contributed by atoms with Gasteiger partial charge in [-0.2, -0.15) is 0 Å². The van der Waals surface area contributed by atoms with Crippen molar-refractivity contribution in [2.75, 3.05) is 39.6 Å². The lowest BCUT2D eigenvalue weighted by Crippen LogP contribution is -2.67. The van der Waals surface area contributed by atoms with Crippen LogP contribution in [-0.4, -0.2) is 357 Å². The highest BCUT2D eigenvalue weighted by Crippen LogP contribution is 2.76. The number of hydrogen-bond acceptors (Lipinski definition) is 35. The smallest absolute Gasteiger partial charge is 0.315 e. The first-order chi connectivity index (χ1) is 49.4. The van der Waals surface area contributed by atoms with Gasteiger partial charge >= 0.3 is 5.97 Å². The molecule has 7 heterocycles. The van der Waals surface area contributed by atoms with Gasteiger partial charge in [0, 0.05) is 0 Å². The maximum atomic E-state index is 15.5. The molecule has 0 aromatic carbocycles. The fraction of sp³-hybridized carbons (Fsp3) is 0.957. The van der Waals surface area contributed by atoms with E-state index in [-0.39, 0.29) is 34.0 Å². The molecule has 604 valence electrons. The molecule has 105 heavy (non-hydrogen) atoms. The Kier molecular flexibility index (Phi) is 24.6. The van der Waals surface area contributed by atoms with E-state index in [1.807, 2.05) is 0 Å². The van der Waals surface area contributed by atoms with Crippen LogP contribution in [-0.2, 0) is 71.1 Å². The second-order valence-corrected chi connectivity index (χ2v) is 33.8. The molecule has 7 saturated heterocycles. The van der Waals surface area contributed by atoms with Crippen molar-refractivity contribution in [2.24, 2.45) is 50.2 Å². The van der Waals surface area contributed by atoms with Crippen molar-refractivity contribution in [1.29, 1.82) is 0 Å². The number of fused-ring (bicyclic) bond motifs is 7. The van der Waals surface area contributed by atoms with E-state index in [2.05, 4.69) is 54.5 Å². The van der Waals surface area contributed by atoms with Crippen LogP contribution in [0.15, 0.2) is 11.6 Å². The molecule has 11 fully saturated rings. The predicted octanol–water partition coefficient (Wildman–Crippen LogP) is -6.26. The molecule has 7 aliphatic heterocycles. The highest BCUT2D eigenvalue weighted by atomic mass is 16.8. The Morgan fingerprint density at radius 2 is 1.03 bits per heavy atom. The van der Waals surface area contributed by atoms with Crippen LogP contribution in [0, 0.1) is 50.2 Å². The quantitative estimate of drug-likeness (QED) is 0.0325. The van der Waals surface area contributed by atoms with Gasteiger partial charge in [-0.1, -0.05) is 60.1 Å². The molecule has 41 atom stereocenters. The largest absolute Gasteiger partial charge is 0.432 e. The first-order valence-corrected chi connectivity index (χ1v) is 37.0. The summed E-state index contributed by atoms with van der Waals surface area (Å²) < 4.78 is 86.0. The summed E-state index contributed by atoms with van der Waals surface area (Å²) in [5, 5.41) is 217. The molecule has 5 aliphatic carbocycles. The van der Waals surface area contributed by atoms with Gasteiger partial charge in [0.05, 0.1) is 57.3 Å². The fourth-order valence-electron chi connectivity index (χ4n) is 20.3. The van der Waals surface area contributed by atoms with E-state index in [0.29, 0.717) is 51.4 Å². The fourth-order valence-corrected chi connectivity index (χ4v) is 20.3. The molecule has 0 radical (unpaired) electrons. The molecule has 0 spiro atoms. The third kappa shape index (κ3) is 14.5. The highest BCUT2D eigenvalue weighted by molar-refractivity contribution is 5.79. The summed E-state index contributed by atoms with van der Waals surface area (Å²) in [7, 11) is 0. The van der Waals surface area contributed by atoms with Crippen molar-refractivity contribution in [3.05, 3.63) is 11.6 Å². The van der Waals surface area contributed by atoms with E-state index < -0.39 is 271 Å². The third-order valence-corrected chi connectivity index (χ3v) is 26.9. The number of esters is 1. The lowest BCUT2D eigenvalue weighted by molar-refractivity contribution is -0.398. The van der Waals surface area contributed by atoms with Crippen LogP contribution in [0.25, 0.3) is 0 Å². The Bertz CT molecular complexity index is 2970. The van der Waals surface area contributed by atoms with Crippen LogP contribution in [0.2, 0.25) is 0 Å². The van der Waals surface area contributed by atoms with E-state index >= 15 is 4.79 Å². The van der Waals surface area contributed by atoms with E-state index in [9.17, 15) is 102 Å². The topological polar surface area (TPSA) is 551 Å². The molecule has 12 aliphatic rings. The maximum Gasteiger partial charge on any atom is 0.315 e.